The van der Waals surface area contributed by atoms with E-state index in [1.165, 1.54) is 0 Å². The third-order valence-electron chi connectivity index (χ3n) is 6.33. The SMILES string of the molecule is CC(C)(C)c1ccc(O)c(C=Nc2cccc3cccc(N=Cc4cc(C(C)(C)C)ccc4O)c23)c1. The van der Waals surface area contributed by atoms with E-state index in [1.807, 2.05) is 60.7 Å². The van der Waals surface area contributed by atoms with E-state index in [0.29, 0.717) is 11.1 Å². The third kappa shape index (κ3) is 5.49. The van der Waals surface area contributed by atoms with Gasteiger partial charge in [-0.1, -0.05) is 77.9 Å². The maximum Gasteiger partial charge on any atom is 0.124 e. The van der Waals surface area contributed by atoms with Crippen LogP contribution in [0, 0.1) is 0 Å². The highest BCUT2D eigenvalue weighted by Crippen LogP contribution is 2.35. The molecule has 4 nitrogen and oxygen atoms in total. The second kappa shape index (κ2) is 9.62. The predicted molar refractivity (Wildman–Crippen MR) is 152 cm³/mol. The molecule has 0 aliphatic rings. The Morgan fingerprint density at radius 1 is 0.583 bits per heavy atom. The van der Waals surface area contributed by atoms with Crippen molar-refractivity contribution in [2.75, 3.05) is 0 Å². The predicted octanol–water partition coefficient (Wildman–Crippen LogP) is 8.35. The summed E-state index contributed by atoms with van der Waals surface area (Å²) in [6, 6.07) is 23.2. The highest BCUT2D eigenvalue weighted by Gasteiger charge is 2.16. The van der Waals surface area contributed by atoms with E-state index in [4.69, 9.17) is 9.98 Å². The normalized spacial score (nSPS) is 12.7. The van der Waals surface area contributed by atoms with Crippen LogP contribution in [0.5, 0.6) is 11.5 Å². The highest BCUT2D eigenvalue weighted by atomic mass is 16.3. The number of fused-ring (bicyclic) bond motifs is 1. The Hall–Kier alpha value is -3.92. The van der Waals surface area contributed by atoms with Crippen LogP contribution in [0.25, 0.3) is 10.8 Å². The Kier molecular flexibility index (Phi) is 6.73. The molecule has 0 saturated carbocycles. The van der Waals surface area contributed by atoms with Gasteiger partial charge in [-0.25, -0.2) is 0 Å². The summed E-state index contributed by atoms with van der Waals surface area (Å²) in [6.07, 6.45) is 3.41. The molecule has 4 heteroatoms. The molecule has 0 spiro atoms. The maximum atomic E-state index is 10.4. The molecular formula is C32H34N2O2. The second-order valence-corrected chi connectivity index (χ2v) is 11.2. The summed E-state index contributed by atoms with van der Waals surface area (Å²) in [7, 11) is 0. The van der Waals surface area contributed by atoms with Crippen LogP contribution in [0.1, 0.15) is 63.8 Å². The van der Waals surface area contributed by atoms with Crippen molar-refractivity contribution in [3.8, 4) is 11.5 Å². The van der Waals surface area contributed by atoms with E-state index >= 15 is 0 Å². The fourth-order valence-electron chi connectivity index (χ4n) is 4.04. The van der Waals surface area contributed by atoms with Crippen molar-refractivity contribution in [1.29, 1.82) is 0 Å². The first-order valence-electron chi connectivity index (χ1n) is 12.2. The molecule has 0 aliphatic carbocycles. The van der Waals surface area contributed by atoms with Gasteiger partial charge in [-0.2, -0.15) is 0 Å². The van der Waals surface area contributed by atoms with Crippen molar-refractivity contribution >= 4 is 34.6 Å². The zero-order chi connectivity index (χ0) is 26.1. The Bertz CT molecular complexity index is 1360. The molecule has 4 rings (SSSR count). The number of nitrogens with zero attached hydrogens (tertiary/aromatic N) is 2. The molecule has 0 atom stereocenters. The number of aromatic hydroxyl groups is 2. The monoisotopic (exact) mass is 478 g/mol. The molecule has 36 heavy (non-hydrogen) atoms. The molecule has 4 aromatic rings. The number of hydrogen-bond acceptors (Lipinski definition) is 4. The molecule has 4 aromatic carbocycles. The van der Waals surface area contributed by atoms with Crippen LogP contribution in [0.3, 0.4) is 0 Å². The van der Waals surface area contributed by atoms with Gasteiger partial charge in [0.05, 0.1) is 11.4 Å². The summed E-state index contributed by atoms with van der Waals surface area (Å²) in [6.45, 7) is 12.9. The number of rotatable bonds is 4. The van der Waals surface area contributed by atoms with Crippen LogP contribution in [0.15, 0.2) is 82.8 Å². The Balaban J connectivity index is 1.77. The average Bonchev–Trinajstić information content (AvgIpc) is 2.81. The van der Waals surface area contributed by atoms with Crippen LogP contribution in [0.4, 0.5) is 11.4 Å². The maximum absolute atomic E-state index is 10.4. The molecule has 184 valence electrons. The van der Waals surface area contributed by atoms with Gasteiger partial charge in [0, 0.05) is 28.9 Å². The standard InChI is InChI=1S/C32H34N2O2/c1-31(2,3)24-13-15-28(35)22(17-24)19-33-26-11-7-9-21-10-8-12-27(30(21)26)34-20-23-18-25(32(4,5)6)14-16-29(23)36/h7-20,35-36H,1-6H3. The first kappa shape index (κ1) is 25.2. The smallest absolute Gasteiger partial charge is 0.124 e. The minimum Gasteiger partial charge on any atom is -0.507 e. The Morgan fingerprint density at radius 3 is 1.39 bits per heavy atom. The van der Waals surface area contributed by atoms with Gasteiger partial charge in [-0.3, -0.25) is 9.98 Å². The molecule has 0 bridgehead atoms. The lowest BCUT2D eigenvalue weighted by atomic mass is 9.86. The minimum absolute atomic E-state index is 0.0343. The van der Waals surface area contributed by atoms with Crippen molar-refractivity contribution in [3.05, 3.63) is 95.1 Å². The van der Waals surface area contributed by atoms with Crippen LogP contribution >= 0.6 is 0 Å². The number of benzene rings is 4. The van der Waals surface area contributed by atoms with Crippen LogP contribution < -0.4 is 0 Å². The summed E-state index contributed by atoms with van der Waals surface area (Å²) in [5.41, 5.74) is 5.04. The van der Waals surface area contributed by atoms with Gasteiger partial charge >= 0.3 is 0 Å². The Morgan fingerprint density at radius 2 is 1.00 bits per heavy atom. The van der Waals surface area contributed by atoms with Gasteiger partial charge in [0.25, 0.3) is 0 Å². The second-order valence-electron chi connectivity index (χ2n) is 11.2. The van der Waals surface area contributed by atoms with Gasteiger partial charge in [0.15, 0.2) is 0 Å². The van der Waals surface area contributed by atoms with E-state index in [0.717, 1.165) is 33.3 Å². The summed E-state index contributed by atoms with van der Waals surface area (Å²) >= 11 is 0. The van der Waals surface area contributed by atoms with Gasteiger partial charge in [-0.05, 0) is 63.7 Å². The van der Waals surface area contributed by atoms with Crippen LogP contribution in [0.2, 0.25) is 0 Å². The summed E-state index contributed by atoms with van der Waals surface area (Å²) in [4.78, 5) is 9.52. The van der Waals surface area contributed by atoms with Crippen molar-refractivity contribution in [3.63, 3.8) is 0 Å². The topological polar surface area (TPSA) is 65.2 Å². The van der Waals surface area contributed by atoms with E-state index in [-0.39, 0.29) is 22.3 Å². The van der Waals surface area contributed by atoms with Gasteiger partial charge in [0.2, 0.25) is 0 Å². The molecule has 0 amide bonds. The van der Waals surface area contributed by atoms with E-state index in [9.17, 15) is 10.2 Å². The van der Waals surface area contributed by atoms with Crippen LogP contribution in [-0.4, -0.2) is 22.6 Å². The molecule has 0 aromatic heterocycles. The lowest BCUT2D eigenvalue weighted by molar-refractivity contribution is 0.472. The number of phenolic OH excluding ortho intramolecular Hbond substituents is 2. The number of aliphatic imine (C=N–C) groups is 2. The molecular weight excluding hydrogens is 444 g/mol. The van der Waals surface area contributed by atoms with E-state index in [2.05, 4.69) is 41.5 Å². The zero-order valence-corrected chi connectivity index (χ0v) is 21.9. The molecule has 2 N–H and O–H groups in total. The minimum atomic E-state index is -0.0343. The lowest BCUT2D eigenvalue weighted by Gasteiger charge is -2.19. The van der Waals surface area contributed by atoms with Crippen molar-refractivity contribution < 1.29 is 10.2 Å². The number of hydrogen-bond donors (Lipinski definition) is 2. The van der Waals surface area contributed by atoms with Crippen molar-refractivity contribution in [1.82, 2.24) is 0 Å². The first-order chi connectivity index (χ1) is 16.9. The third-order valence-corrected chi connectivity index (χ3v) is 6.33. The summed E-state index contributed by atoms with van der Waals surface area (Å²) in [5.74, 6) is 0.388. The highest BCUT2D eigenvalue weighted by molar-refractivity contribution is 6.04. The van der Waals surface area contributed by atoms with Crippen LogP contribution in [-0.2, 0) is 10.8 Å². The largest absolute Gasteiger partial charge is 0.507 e. The summed E-state index contributed by atoms with van der Waals surface area (Å²) < 4.78 is 0. The van der Waals surface area contributed by atoms with E-state index < -0.39 is 0 Å². The van der Waals surface area contributed by atoms with Gasteiger partial charge in [0.1, 0.15) is 11.5 Å². The van der Waals surface area contributed by atoms with Gasteiger partial charge < -0.3 is 10.2 Å². The first-order valence-corrected chi connectivity index (χ1v) is 12.2. The lowest BCUT2D eigenvalue weighted by Crippen LogP contribution is -2.11. The molecule has 0 saturated heterocycles. The fourth-order valence-corrected chi connectivity index (χ4v) is 4.04. The Labute approximate surface area is 213 Å². The fraction of sp³-hybridized carbons (Fsp3) is 0.250. The molecule has 0 unspecified atom stereocenters. The zero-order valence-electron chi connectivity index (χ0n) is 21.9. The van der Waals surface area contributed by atoms with Crippen molar-refractivity contribution in [2.24, 2.45) is 9.98 Å². The van der Waals surface area contributed by atoms with E-state index in [1.54, 1.807) is 24.6 Å². The molecule has 0 radical (unpaired) electrons. The molecule has 0 fully saturated rings. The molecule has 0 aliphatic heterocycles. The quantitative estimate of drug-likeness (QED) is 0.289. The summed E-state index contributed by atoms with van der Waals surface area (Å²) in [5, 5.41) is 22.8. The molecule has 0 heterocycles. The van der Waals surface area contributed by atoms with Gasteiger partial charge in [-0.15, -0.1) is 0 Å². The average molecular weight is 479 g/mol. The number of phenols is 2. The van der Waals surface area contributed by atoms with Crippen molar-refractivity contribution in [2.45, 2.75) is 52.4 Å².